The first kappa shape index (κ1) is 22.7. The van der Waals surface area contributed by atoms with E-state index in [0.29, 0.717) is 28.7 Å². The van der Waals surface area contributed by atoms with Crippen LogP contribution in [0.1, 0.15) is 29.7 Å². The lowest BCUT2D eigenvalue weighted by Gasteiger charge is -2.14. The van der Waals surface area contributed by atoms with Gasteiger partial charge in [0.25, 0.3) is 0 Å². The minimum atomic E-state index is -0.510. The van der Waals surface area contributed by atoms with E-state index in [4.69, 9.17) is 9.98 Å². The van der Waals surface area contributed by atoms with Crippen LogP contribution in [-0.2, 0) is 6.54 Å². The summed E-state index contributed by atoms with van der Waals surface area (Å²) < 4.78 is 15.8. The van der Waals surface area contributed by atoms with Gasteiger partial charge in [0.05, 0.1) is 12.2 Å². The fourth-order valence-corrected chi connectivity index (χ4v) is 4.30. The number of rotatable bonds is 6. The molecule has 0 amide bonds. The van der Waals surface area contributed by atoms with Crippen LogP contribution < -0.4 is 21.7 Å². The summed E-state index contributed by atoms with van der Waals surface area (Å²) in [7, 11) is 0. The first-order chi connectivity index (χ1) is 17.9. The van der Waals surface area contributed by atoms with E-state index < -0.39 is 5.69 Å². The highest BCUT2D eigenvalue weighted by atomic mass is 19.1. The van der Waals surface area contributed by atoms with E-state index in [2.05, 4.69) is 20.4 Å². The number of hydrogen-bond donors (Lipinski definition) is 4. The zero-order valence-corrected chi connectivity index (χ0v) is 20.0. The molecular formula is C27H24FN7O2. The monoisotopic (exact) mass is 497 g/mol. The maximum Gasteiger partial charge on any atom is 0.326 e. The van der Waals surface area contributed by atoms with Gasteiger partial charge in [-0.3, -0.25) is 9.98 Å². The number of aryl methyl sites for hydroxylation is 1. The van der Waals surface area contributed by atoms with Gasteiger partial charge in [0, 0.05) is 17.8 Å². The van der Waals surface area contributed by atoms with Crippen molar-refractivity contribution in [1.29, 1.82) is 0 Å². The molecule has 0 atom stereocenters. The SMILES string of the molecule is Cc1ccccc1-c1cc(F)ccc1CNc1cc(=NC2CC2)n2nc/c(=C\c3[nH]c(=O)[nH]c3O)c2n1. The maximum absolute atomic E-state index is 14.2. The molecule has 0 spiro atoms. The normalized spacial score (nSPS) is 14.5. The van der Waals surface area contributed by atoms with Crippen LogP contribution in [0.4, 0.5) is 10.2 Å². The summed E-state index contributed by atoms with van der Waals surface area (Å²) in [4.78, 5) is 25.9. The third kappa shape index (κ3) is 4.61. The van der Waals surface area contributed by atoms with E-state index in [0.717, 1.165) is 35.1 Å². The number of hydrogen-bond acceptors (Lipinski definition) is 6. The molecule has 186 valence electrons. The van der Waals surface area contributed by atoms with Crippen molar-refractivity contribution in [2.75, 3.05) is 5.32 Å². The molecule has 3 aromatic heterocycles. The van der Waals surface area contributed by atoms with Gasteiger partial charge in [-0.25, -0.2) is 14.2 Å². The number of H-pyrrole nitrogens is 2. The van der Waals surface area contributed by atoms with Gasteiger partial charge >= 0.3 is 5.69 Å². The fraction of sp³-hybridized carbons (Fsp3) is 0.185. The van der Waals surface area contributed by atoms with Crippen LogP contribution in [0.2, 0.25) is 0 Å². The Bertz CT molecular complexity index is 1810. The zero-order chi connectivity index (χ0) is 25.5. The third-order valence-electron chi connectivity index (χ3n) is 6.34. The minimum Gasteiger partial charge on any atom is -0.493 e. The molecule has 1 saturated carbocycles. The maximum atomic E-state index is 14.2. The fourth-order valence-electron chi connectivity index (χ4n) is 4.30. The Morgan fingerprint density at radius 1 is 1.19 bits per heavy atom. The predicted molar refractivity (Wildman–Crippen MR) is 137 cm³/mol. The molecule has 37 heavy (non-hydrogen) atoms. The number of aromatic amines is 2. The topological polar surface area (TPSA) is 123 Å². The second-order valence-electron chi connectivity index (χ2n) is 9.15. The van der Waals surface area contributed by atoms with Gasteiger partial charge in [-0.1, -0.05) is 30.3 Å². The smallest absolute Gasteiger partial charge is 0.326 e. The van der Waals surface area contributed by atoms with Crippen LogP contribution in [0.15, 0.2) is 64.5 Å². The van der Waals surface area contributed by atoms with Crippen molar-refractivity contribution >= 4 is 17.5 Å². The van der Waals surface area contributed by atoms with E-state index >= 15 is 0 Å². The molecule has 1 fully saturated rings. The Morgan fingerprint density at radius 2 is 2.03 bits per heavy atom. The quantitative estimate of drug-likeness (QED) is 0.287. The molecular weight excluding hydrogens is 473 g/mol. The van der Waals surface area contributed by atoms with Crippen molar-refractivity contribution in [1.82, 2.24) is 24.6 Å². The molecule has 6 rings (SSSR count). The third-order valence-corrected chi connectivity index (χ3v) is 6.34. The summed E-state index contributed by atoms with van der Waals surface area (Å²) in [6.07, 6.45) is 5.27. The van der Waals surface area contributed by atoms with Gasteiger partial charge in [0.1, 0.15) is 17.3 Å². The molecule has 1 aliphatic rings. The lowest BCUT2D eigenvalue weighted by Crippen LogP contribution is -2.20. The van der Waals surface area contributed by atoms with Crippen LogP contribution in [0.5, 0.6) is 5.88 Å². The Hall–Kier alpha value is -4.73. The van der Waals surface area contributed by atoms with E-state index in [1.807, 2.05) is 37.3 Å². The minimum absolute atomic E-state index is 0.231. The number of anilines is 1. The highest BCUT2D eigenvalue weighted by Gasteiger charge is 2.20. The molecule has 5 aromatic rings. The molecule has 2 aromatic carbocycles. The molecule has 3 heterocycles. The lowest BCUT2D eigenvalue weighted by atomic mass is 9.96. The Kier molecular flexibility index (Phi) is 5.56. The standard InChI is InChI=1S/C27H24FN7O2/c1-15-4-2-3-5-20(15)21-11-18(28)7-6-16(21)13-29-23-12-24(31-19-8-9-19)35-25(33-23)17(14-30-35)10-22-26(36)34-27(37)32-22/h2-7,10-12,14,19,29,36H,8-9,13H2,1H3,(H2,32,34,37)/b17-10+,31-24?. The highest BCUT2D eigenvalue weighted by Crippen LogP contribution is 2.28. The second-order valence-corrected chi connectivity index (χ2v) is 9.15. The number of halogens is 1. The molecule has 0 unspecified atom stereocenters. The molecule has 0 aliphatic heterocycles. The van der Waals surface area contributed by atoms with Crippen LogP contribution >= 0.6 is 0 Å². The molecule has 0 radical (unpaired) electrons. The second kappa shape index (κ2) is 9.05. The average molecular weight is 498 g/mol. The summed E-state index contributed by atoms with van der Waals surface area (Å²) in [6, 6.07) is 14.8. The number of fused-ring (bicyclic) bond motifs is 1. The van der Waals surface area contributed by atoms with Crippen LogP contribution in [0.25, 0.3) is 22.9 Å². The van der Waals surface area contributed by atoms with Crippen molar-refractivity contribution in [3.63, 3.8) is 0 Å². The van der Waals surface area contributed by atoms with Crippen LogP contribution in [0, 0.1) is 12.7 Å². The highest BCUT2D eigenvalue weighted by molar-refractivity contribution is 5.71. The molecule has 9 nitrogen and oxygen atoms in total. The Labute approximate surface area is 210 Å². The molecule has 0 bridgehead atoms. The number of aromatic nitrogens is 5. The van der Waals surface area contributed by atoms with E-state index in [-0.39, 0.29) is 23.4 Å². The average Bonchev–Trinajstić information content (AvgIpc) is 3.51. The van der Waals surface area contributed by atoms with Gasteiger partial charge in [0.15, 0.2) is 11.1 Å². The van der Waals surface area contributed by atoms with E-state index in [1.54, 1.807) is 28.9 Å². The number of nitrogens with zero attached hydrogens (tertiary/aromatic N) is 4. The van der Waals surface area contributed by atoms with Gasteiger partial charge in [0.2, 0.25) is 5.88 Å². The van der Waals surface area contributed by atoms with Gasteiger partial charge in [-0.2, -0.15) is 9.61 Å². The summed E-state index contributed by atoms with van der Waals surface area (Å²) in [6.45, 7) is 2.42. The van der Waals surface area contributed by atoms with Gasteiger partial charge in [-0.05, 0) is 60.2 Å². The van der Waals surface area contributed by atoms with Crippen molar-refractivity contribution in [2.24, 2.45) is 4.99 Å². The van der Waals surface area contributed by atoms with Crippen molar-refractivity contribution < 1.29 is 9.50 Å². The van der Waals surface area contributed by atoms with Crippen LogP contribution in [-0.4, -0.2) is 35.7 Å². The number of benzene rings is 2. The molecule has 1 aliphatic carbocycles. The number of nitrogens with one attached hydrogen (secondary N) is 3. The molecule has 0 saturated heterocycles. The number of imidazole rings is 1. The summed E-state index contributed by atoms with van der Waals surface area (Å²) >= 11 is 0. The molecule has 10 heteroatoms. The Balaban J connectivity index is 1.41. The first-order valence-corrected chi connectivity index (χ1v) is 12.0. The van der Waals surface area contributed by atoms with Crippen molar-refractivity contribution in [3.8, 4) is 17.0 Å². The summed E-state index contributed by atoms with van der Waals surface area (Å²) in [5, 5.41) is 18.4. The Morgan fingerprint density at radius 3 is 2.78 bits per heavy atom. The largest absolute Gasteiger partial charge is 0.493 e. The lowest BCUT2D eigenvalue weighted by molar-refractivity contribution is 0.454. The van der Waals surface area contributed by atoms with E-state index in [9.17, 15) is 14.3 Å². The number of aromatic hydroxyl groups is 1. The zero-order valence-electron chi connectivity index (χ0n) is 20.0. The van der Waals surface area contributed by atoms with Crippen molar-refractivity contribution in [3.05, 3.63) is 98.6 Å². The van der Waals surface area contributed by atoms with Gasteiger partial charge in [-0.15, -0.1) is 0 Å². The summed E-state index contributed by atoms with van der Waals surface area (Å²) in [5.74, 6) is 0.0213. The summed E-state index contributed by atoms with van der Waals surface area (Å²) in [5.41, 5.74) is 4.67. The first-order valence-electron chi connectivity index (χ1n) is 12.0. The van der Waals surface area contributed by atoms with Crippen molar-refractivity contribution in [2.45, 2.75) is 32.4 Å². The predicted octanol–water partition coefficient (Wildman–Crippen LogP) is 2.79. The molecule has 4 N–H and O–H groups in total. The van der Waals surface area contributed by atoms with Gasteiger partial charge < -0.3 is 15.4 Å². The van der Waals surface area contributed by atoms with E-state index in [1.165, 1.54) is 6.07 Å². The van der Waals surface area contributed by atoms with Crippen LogP contribution in [0.3, 0.4) is 0 Å².